The summed E-state index contributed by atoms with van der Waals surface area (Å²) in [5, 5.41) is 1.38. The molecule has 1 saturated heterocycles. The number of hydrogen-bond donors (Lipinski definition) is 1. The summed E-state index contributed by atoms with van der Waals surface area (Å²) in [6.45, 7) is 1.75. The molecule has 0 aliphatic carbocycles. The van der Waals surface area contributed by atoms with Gasteiger partial charge in [0.25, 0.3) is 0 Å². The van der Waals surface area contributed by atoms with Crippen molar-refractivity contribution < 1.29 is 4.74 Å². The van der Waals surface area contributed by atoms with Crippen molar-refractivity contribution in [3.63, 3.8) is 0 Å². The van der Waals surface area contributed by atoms with Crippen LogP contribution in [0.1, 0.15) is 24.8 Å². The molecular formula is C14H19Cl2NO. The zero-order valence-electron chi connectivity index (χ0n) is 10.4. The zero-order chi connectivity index (χ0) is 13.0. The average molecular weight is 288 g/mol. The molecule has 2 N–H and O–H groups in total. The Morgan fingerprint density at radius 1 is 1.28 bits per heavy atom. The van der Waals surface area contributed by atoms with Crippen LogP contribution in [0.2, 0.25) is 10.0 Å². The van der Waals surface area contributed by atoms with Gasteiger partial charge in [0.1, 0.15) is 0 Å². The van der Waals surface area contributed by atoms with Gasteiger partial charge in [0.05, 0.1) is 0 Å². The summed E-state index contributed by atoms with van der Waals surface area (Å²) in [6, 6.07) is 5.77. The van der Waals surface area contributed by atoms with E-state index in [0.29, 0.717) is 16.0 Å². The molecule has 1 fully saturated rings. The first-order valence-corrected chi connectivity index (χ1v) is 7.18. The van der Waals surface area contributed by atoms with E-state index in [1.165, 1.54) is 0 Å². The minimum Gasteiger partial charge on any atom is -0.381 e. The summed E-state index contributed by atoms with van der Waals surface area (Å²) in [5.74, 6) is 0.694. The van der Waals surface area contributed by atoms with Gasteiger partial charge in [-0.05, 0) is 49.3 Å². The fourth-order valence-corrected chi connectivity index (χ4v) is 2.95. The van der Waals surface area contributed by atoms with Gasteiger partial charge in [-0.25, -0.2) is 0 Å². The van der Waals surface area contributed by atoms with Crippen LogP contribution in [0.4, 0.5) is 0 Å². The molecule has 100 valence electrons. The predicted molar refractivity (Wildman–Crippen MR) is 76.3 cm³/mol. The molecule has 0 aromatic heterocycles. The van der Waals surface area contributed by atoms with E-state index in [-0.39, 0.29) is 6.04 Å². The van der Waals surface area contributed by atoms with Crippen LogP contribution in [0.25, 0.3) is 0 Å². The molecule has 0 radical (unpaired) electrons. The smallest absolute Gasteiger partial charge is 0.0468 e. The Hall–Kier alpha value is -0.280. The Morgan fingerprint density at radius 3 is 2.67 bits per heavy atom. The van der Waals surface area contributed by atoms with Crippen molar-refractivity contribution >= 4 is 23.2 Å². The molecule has 1 aromatic rings. The number of nitrogens with two attached hydrogens (primary N) is 1. The Morgan fingerprint density at radius 2 is 2.00 bits per heavy atom. The van der Waals surface area contributed by atoms with E-state index in [1.807, 2.05) is 12.1 Å². The number of halogens is 2. The lowest BCUT2D eigenvalue weighted by Crippen LogP contribution is -2.28. The molecule has 0 amide bonds. The highest BCUT2D eigenvalue weighted by Gasteiger charge is 2.18. The maximum atomic E-state index is 6.21. The minimum atomic E-state index is 0.159. The Balaban J connectivity index is 1.87. The molecule has 0 saturated carbocycles. The Bertz CT molecular complexity index is 391. The third kappa shape index (κ3) is 4.13. The van der Waals surface area contributed by atoms with Crippen LogP contribution < -0.4 is 5.73 Å². The summed E-state index contributed by atoms with van der Waals surface area (Å²) in [4.78, 5) is 0. The van der Waals surface area contributed by atoms with Gasteiger partial charge in [-0.2, -0.15) is 0 Å². The van der Waals surface area contributed by atoms with Crippen LogP contribution in [-0.4, -0.2) is 19.3 Å². The van der Waals surface area contributed by atoms with Crippen molar-refractivity contribution in [1.82, 2.24) is 0 Å². The van der Waals surface area contributed by atoms with Gasteiger partial charge in [-0.15, -0.1) is 0 Å². The Labute approximate surface area is 118 Å². The monoisotopic (exact) mass is 287 g/mol. The molecule has 18 heavy (non-hydrogen) atoms. The van der Waals surface area contributed by atoms with E-state index in [1.54, 1.807) is 6.07 Å². The molecule has 2 rings (SSSR count). The fraction of sp³-hybridized carbons (Fsp3) is 0.571. The van der Waals surface area contributed by atoms with Crippen LogP contribution in [0.15, 0.2) is 18.2 Å². The minimum absolute atomic E-state index is 0.159. The second kappa shape index (κ2) is 6.76. The molecule has 0 bridgehead atoms. The number of benzene rings is 1. The molecule has 1 heterocycles. The maximum Gasteiger partial charge on any atom is 0.0468 e. The van der Waals surface area contributed by atoms with Crippen molar-refractivity contribution in [1.29, 1.82) is 0 Å². The molecule has 4 heteroatoms. The summed E-state index contributed by atoms with van der Waals surface area (Å²) < 4.78 is 5.36. The predicted octanol–water partition coefficient (Wildman–Crippen LogP) is 3.68. The van der Waals surface area contributed by atoms with E-state index in [9.17, 15) is 0 Å². The number of hydrogen-bond acceptors (Lipinski definition) is 2. The highest BCUT2D eigenvalue weighted by Crippen LogP contribution is 2.25. The summed E-state index contributed by atoms with van der Waals surface area (Å²) >= 11 is 12.0. The van der Waals surface area contributed by atoms with Crippen molar-refractivity contribution in [2.24, 2.45) is 11.7 Å². The van der Waals surface area contributed by atoms with Gasteiger partial charge in [0.15, 0.2) is 0 Å². The first-order chi connectivity index (χ1) is 8.65. The van der Waals surface area contributed by atoms with Gasteiger partial charge < -0.3 is 10.5 Å². The second-order valence-corrected chi connectivity index (χ2v) is 5.84. The normalized spacial score (nSPS) is 18.8. The van der Waals surface area contributed by atoms with E-state index in [4.69, 9.17) is 33.7 Å². The molecule has 1 unspecified atom stereocenters. The maximum absolute atomic E-state index is 6.21. The van der Waals surface area contributed by atoms with Crippen LogP contribution in [0.5, 0.6) is 0 Å². The summed E-state index contributed by atoms with van der Waals surface area (Å²) in [5.41, 5.74) is 7.29. The van der Waals surface area contributed by atoms with E-state index in [2.05, 4.69) is 0 Å². The van der Waals surface area contributed by atoms with Crippen molar-refractivity contribution in [2.75, 3.05) is 13.2 Å². The lowest BCUT2D eigenvalue weighted by atomic mass is 9.90. The van der Waals surface area contributed by atoms with E-state index >= 15 is 0 Å². The van der Waals surface area contributed by atoms with E-state index < -0.39 is 0 Å². The Kier molecular flexibility index (Phi) is 5.31. The molecule has 1 aliphatic rings. The van der Waals surface area contributed by atoms with Gasteiger partial charge in [-0.3, -0.25) is 0 Å². The highest BCUT2D eigenvalue weighted by atomic mass is 35.5. The number of rotatable bonds is 4. The third-order valence-electron chi connectivity index (χ3n) is 3.47. The molecule has 1 atom stereocenters. The molecular weight excluding hydrogens is 269 g/mol. The first kappa shape index (κ1) is 14.1. The standard InChI is InChI=1S/C14H19Cl2NO/c15-12-2-1-11(14(16)9-12)8-13(17)7-10-3-5-18-6-4-10/h1-2,9-10,13H,3-8,17H2. The van der Waals surface area contributed by atoms with Gasteiger partial charge in [0.2, 0.25) is 0 Å². The van der Waals surface area contributed by atoms with Gasteiger partial charge >= 0.3 is 0 Å². The number of ether oxygens (including phenoxy) is 1. The van der Waals surface area contributed by atoms with Crippen molar-refractivity contribution in [2.45, 2.75) is 31.7 Å². The lowest BCUT2D eigenvalue weighted by molar-refractivity contribution is 0.0619. The second-order valence-electron chi connectivity index (χ2n) is 4.99. The molecule has 1 aliphatic heterocycles. The van der Waals surface area contributed by atoms with Crippen molar-refractivity contribution in [3.05, 3.63) is 33.8 Å². The largest absolute Gasteiger partial charge is 0.381 e. The molecule has 1 aromatic carbocycles. The molecule has 2 nitrogen and oxygen atoms in total. The van der Waals surface area contributed by atoms with Crippen LogP contribution in [0.3, 0.4) is 0 Å². The fourth-order valence-electron chi connectivity index (χ4n) is 2.46. The van der Waals surface area contributed by atoms with Crippen LogP contribution >= 0.6 is 23.2 Å². The summed E-state index contributed by atoms with van der Waals surface area (Å²) in [7, 11) is 0. The SMILES string of the molecule is NC(Cc1ccc(Cl)cc1Cl)CC1CCOCC1. The van der Waals surface area contributed by atoms with E-state index in [0.717, 1.165) is 44.5 Å². The average Bonchev–Trinajstić information content (AvgIpc) is 2.34. The van der Waals surface area contributed by atoms with Gasteiger partial charge in [0, 0.05) is 29.3 Å². The highest BCUT2D eigenvalue weighted by molar-refractivity contribution is 6.35. The lowest BCUT2D eigenvalue weighted by Gasteiger charge is -2.25. The quantitative estimate of drug-likeness (QED) is 0.917. The van der Waals surface area contributed by atoms with Crippen molar-refractivity contribution in [3.8, 4) is 0 Å². The summed E-state index contributed by atoms with van der Waals surface area (Å²) in [6.07, 6.45) is 4.11. The van der Waals surface area contributed by atoms with Crippen LogP contribution in [0, 0.1) is 5.92 Å². The first-order valence-electron chi connectivity index (χ1n) is 6.42. The topological polar surface area (TPSA) is 35.2 Å². The molecule has 0 spiro atoms. The third-order valence-corrected chi connectivity index (χ3v) is 4.06. The zero-order valence-corrected chi connectivity index (χ0v) is 11.9. The van der Waals surface area contributed by atoms with Gasteiger partial charge in [-0.1, -0.05) is 29.3 Å². The van der Waals surface area contributed by atoms with Crippen LogP contribution in [-0.2, 0) is 11.2 Å².